The first kappa shape index (κ1) is 16.7. The number of ether oxygens (including phenoxy) is 1. The van der Waals surface area contributed by atoms with Gasteiger partial charge in [-0.15, -0.1) is 0 Å². The lowest BCUT2D eigenvalue weighted by Gasteiger charge is -2.20. The molecule has 2 atom stereocenters. The summed E-state index contributed by atoms with van der Waals surface area (Å²) in [5, 5.41) is 2.84. The van der Waals surface area contributed by atoms with Crippen molar-refractivity contribution in [2.24, 2.45) is 4.99 Å². The molecule has 1 fully saturated rings. The number of nitrogens with zero attached hydrogens (tertiary/aromatic N) is 2. The highest BCUT2D eigenvalue weighted by Gasteiger charge is 2.39. The molecule has 0 saturated carbocycles. The molecule has 0 unspecified atom stereocenters. The van der Waals surface area contributed by atoms with Crippen LogP contribution in [0.1, 0.15) is 23.7 Å². The van der Waals surface area contributed by atoms with Crippen LogP contribution >= 0.6 is 0 Å². The number of methoxy groups -OCH3 is 1. The van der Waals surface area contributed by atoms with Crippen LogP contribution < -0.4 is 5.32 Å². The van der Waals surface area contributed by atoms with E-state index >= 15 is 0 Å². The lowest BCUT2D eigenvalue weighted by Crippen LogP contribution is -2.40. The average molecular weight is 317 g/mol. The normalized spacial score (nSPS) is 20.0. The molecule has 1 aromatic carbocycles. The first-order chi connectivity index (χ1) is 11.0. The minimum absolute atomic E-state index is 0.224. The Morgan fingerprint density at radius 1 is 1.30 bits per heavy atom. The molecule has 0 aromatic heterocycles. The molecule has 1 aliphatic heterocycles. The molecular formula is C16H19N3O4. The fourth-order valence-electron chi connectivity index (χ4n) is 2.63. The van der Waals surface area contributed by atoms with Crippen molar-refractivity contribution in [3.63, 3.8) is 0 Å². The number of carbonyl (C=O) groups is 3. The average Bonchev–Trinajstić information content (AvgIpc) is 2.98. The zero-order valence-electron chi connectivity index (χ0n) is 13.1. The van der Waals surface area contributed by atoms with E-state index in [4.69, 9.17) is 4.74 Å². The number of nitrogens with one attached hydrogen (secondary N) is 1. The Labute approximate surface area is 134 Å². The van der Waals surface area contributed by atoms with E-state index in [-0.39, 0.29) is 24.4 Å². The van der Waals surface area contributed by atoms with Gasteiger partial charge in [-0.3, -0.25) is 14.6 Å². The molecule has 0 aliphatic carbocycles. The minimum Gasteiger partial charge on any atom is -0.467 e. The third-order valence-electron chi connectivity index (χ3n) is 3.83. The highest BCUT2D eigenvalue weighted by molar-refractivity contribution is 5.95. The monoisotopic (exact) mass is 317 g/mol. The van der Waals surface area contributed by atoms with Crippen LogP contribution in [0.15, 0.2) is 29.3 Å². The van der Waals surface area contributed by atoms with Crippen LogP contribution in [0, 0.1) is 0 Å². The van der Waals surface area contributed by atoms with Crippen molar-refractivity contribution in [3.05, 3.63) is 29.8 Å². The molecule has 0 spiro atoms. The van der Waals surface area contributed by atoms with Gasteiger partial charge in [0.25, 0.3) is 5.91 Å². The first-order valence-electron chi connectivity index (χ1n) is 7.19. The summed E-state index contributed by atoms with van der Waals surface area (Å²) >= 11 is 0. The number of aliphatic imine (C=N–C) groups is 1. The highest BCUT2D eigenvalue weighted by atomic mass is 16.5. The van der Waals surface area contributed by atoms with Crippen LogP contribution in [0.2, 0.25) is 0 Å². The maximum Gasteiger partial charge on any atom is 0.328 e. The maximum absolute atomic E-state index is 12.2. The highest BCUT2D eigenvalue weighted by Crippen LogP contribution is 2.20. The molecule has 122 valence electrons. The first-order valence-corrected chi connectivity index (χ1v) is 7.19. The molecular weight excluding hydrogens is 298 g/mol. The number of hydrogen-bond donors (Lipinski definition) is 1. The van der Waals surface area contributed by atoms with Gasteiger partial charge in [-0.05, 0) is 31.0 Å². The second-order valence-electron chi connectivity index (χ2n) is 5.32. The van der Waals surface area contributed by atoms with Crippen LogP contribution in [0.3, 0.4) is 0 Å². The SMILES string of the molecule is C=Nc1ccc(C(=O)N[C@@H]2C[C@@H](C(=O)OC)N(C(C)=O)C2)cc1. The third-order valence-corrected chi connectivity index (χ3v) is 3.83. The summed E-state index contributed by atoms with van der Waals surface area (Å²) in [5.74, 6) is -0.962. The molecule has 0 bridgehead atoms. The van der Waals surface area contributed by atoms with Crippen molar-refractivity contribution in [2.45, 2.75) is 25.4 Å². The summed E-state index contributed by atoms with van der Waals surface area (Å²) in [4.78, 5) is 40.8. The van der Waals surface area contributed by atoms with E-state index in [2.05, 4.69) is 17.0 Å². The van der Waals surface area contributed by atoms with E-state index in [1.165, 1.54) is 18.9 Å². The largest absolute Gasteiger partial charge is 0.467 e. The van der Waals surface area contributed by atoms with Gasteiger partial charge in [0.15, 0.2) is 0 Å². The summed E-state index contributed by atoms with van der Waals surface area (Å²) < 4.78 is 4.72. The lowest BCUT2D eigenvalue weighted by molar-refractivity contribution is -0.150. The van der Waals surface area contributed by atoms with Crippen molar-refractivity contribution in [1.29, 1.82) is 0 Å². The van der Waals surface area contributed by atoms with Gasteiger partial charge < -0.3 is 15.0 Å². The Bertz CT molecular complexity index is 627. The third kappa shape index (κ3) is 3.74. The van der Waals surface area contributed by atoms with Crippen molar-refractivity contribution >= 4 is 30.2 Å². The number of likely N-dealkylation sites (tertiary alicyclic amines) is 1. The number of carbonyl (C=O) groups excluding carboxylic acids is 3. The Balaban J connectivity index is 2.04. The topological polar surface area (TPSA) is 88.1 Å². The number of esters is 1. The zero-order chi connectivity index (χ0) is 17.0. The molecule has 2 amide bonds. The number of amides is 2. The van der Waals surface area contributed by atoms with E-state index in [0.717, 1.165) is 0 Å². The van der Waals surface area contributed by atoms with Crippen molar-refractivity contribution in [3.8, 4) is 0 Å². The van der Waals surface area contributed by atoms with E-state index in [1.54, 1.807) is 24.3 Å². The standard InChI is InChI=1S/C16H19N3O4/c1-10(20)19-9-13(8-14(19)16(22)23-3)18-15(21)11-4-6-12(17-2)7-5-11/h4-7,13-14H,2,8-9H2,1,3H3,(H,18,21)/t13-,14+/m1/s1. The predicted octanol–water partition coefficient (Wildman–Crippen LogP) is 0.911. The maximum atomic E-state index is 12.2. The van der Waals surface area contributed by atoms with E-state index in [9.17, 15) is 14.4 Å². The summed E-state index contributed by atoms with van der Waals surface area (Å²) in [6, 6.07) is 5.72. The van der Waals surface area contributed by atoms with Crippen molar-refractivity contribution in [2.75, 3.05) is 13.7 Å². The van der Waals surface area contributed by atoms with Crippen LogP contribution in [0.25, 0.3) is 0 Å². The Morgan fingerprint density at radius 3 is 2.48 bits per heavy atom. The number of rotatable bonds is 4. The van der Waals surface area contributed by atoms with Gasteiger partial charge in [-0.25, -0.2) is 4.79 Å². The molecule has 1 aliphatic rings. The summed E-state index contributed by atoms with van der Waals surface area (Å²) in [6.45, 7) is 5.09. The smallest absolute Gasteiger partial charge is 0.328 e. The predicted molar refractivity (Wildman–Crippen MR) is 84.7 cm³/mol. The molecule has 1 N–H and O–H groups in total. The molecule has 2 rings (SSSR count). The van der Waals surface area contributed by atoms with Gasteiger partial charge in [0.2, 0.25) is 5.91 Å². The quantitative estimate of drug-likeness (QED) is 0.660. The van der Waals surface area contributed by atoms with Gasteiger partial charge in [0.1, 0.15) is 6.04 Å². The fraction of sp³-hybridized carbons (Fsp3) is 0.375. The van der Waals surface area contributed by atoms with E-state index in [1.807, 2.05) is 0 Å². The Kier molecular flexibility index (Phi) is 5.10. The minimum atomic E-state index is -0.657. The zero-order valence-corrected chi connectivity index (χ0v) is 13.1. The van der Waals surface area contributed by atoms with Crippen LogP contribution in [-0.2, 0) is 14.3 Å². The Morgan fingerprint density at radius 2 is 1.96 bits per heavy atom. The van der Waals surface area contributed by atoms with Gasteiger partial charge in [-0.1, -0.05) is 0 Å². The van der Waals surface area contributed by atoms with Crippen LogP contribution in [0.4, 0.5) is 5.69 Å². The fourth-order valence-corrected chi connectivity index (χ4v) is 2.63. The molecule has 23 heavy (non-hydrogen) atoms. The van der Waals surface area contributed by atoms with Crippen molar-refractivity contribution in [1.82, 2.24) is 10.2 Å². The van der Waals surface area contributed by atoms with E-state index in [0.29, 0.717) is 17.7 Å². The molecule has 1 saturated heterocycles. The van der Waals surface area contributed by atoms with Gasteiger partial charge in [-0.2, -0.15) is 0 Å². The Hall–Kier alpha value is -2.70. The second kappa shape index (κ2) is 7.04. The summed E-state index contributed by atoms with van der Waals surface area (Å²) in [7, 11) is 1.28. The molecule has 7 nitrogen and oxygen atoms in total. The number of benzene rings is 1. The van der Waals surface area contributed by atoms with Gasteiger partial charge in [0, 0.05) is 31.5 Å². The van der Waals surface area contributed by atoms with Crippen molar-refractivity contribution < 1.29 is 19.1 Å². The molecule has 1 heterocycles. The molecule has 0 radical (unpaired) electrons. The second-order valence-corrected chi connectivity index (χ2v) is 5.32. The number of hydrogen-bond acceptors (Lipinski definition) is 5. The van der Waals surface area contributed by atoms with E-state index < -0.39 is 12.0 Å². The van der Waals surface area contributed by atoms with Crippen LogP contribution in [-0.4, -0.2) is 55.1 Å². The molecule has 7 heteroatoms. The van der Waals surface area contributed by atoms with Gasteiger partial charge >= 0.3 is 5.97 Å². The lowest BCUT2D eigenvalue weighted by atomic mass is 10.1. The van der Waals surface area contributed by atoms with Gasteiger partial charge in [0.05, 0.1) is 12.8 Å². The molecule has 1 aromatic rings. The summed E-state index contributed by atoms with van der Waals surface area (Å²) in [5.41, 5.74) is 1.16. The summed E-state index contributed by atoms with van der Waals surface area (Å²) in [6.07, 6.45) is 0.338. The van der Waals surface area contributed by atoms with Crippen LogP contribution in [0.5, 0.6) is 0 Å².